The molecule has 1 nitrogen and oxygen atoms in total. The Morgan fingerprint density at radius 2 is 2.43 bits per heavy atom. The van der Waals surface area contributed by atoms with Crippen molar-refractivity contribution in [2.24, 2.45) is 0 Å². The van der Waals surface area contributed by atoms with Crippen LogP contribution in [0.4, 0.5) is 0 Å². The lowest BCUT2D eigenvalue weighted by molar-refractivity contribution is 0.884. The first-order valence-electron chi connectivity index (χ1n) is 4.94. The Hall–Kier alpha value is -1.02. The highest BCUT2D eigenvalue weighted by Gasteiger charge is 2.20. The van der Waals surface area contributed by atoms with Gasteiger partial charge in [0.2, 0.25) is 0 Å². The molecular formula is C12H11NS. The van der Waals surface area contributed by atoms with Crippen LogP contribution in [0.5, 0.6) is 0 Å². The maximum Gasteiger partial charge on any atom is 0.104 e. The van der Waals surface area contributed by atoms with Gasteiger partial charge in [-0.05, 0) is 24.5 Å². The lowest BCUT2D eigenvalue weighted by Crippen LogP contribution is -2.04. The van der Waals surface area contributed by atoms with E-state index in [0.29, 0.717) is 5.25 Å². The van der Waals surface area contributed by atoms with Crippen LogP contribution in [0.15, 0.2) is 41.6 Å². The summed E-state index contributed by atoms with van der Waals surface area (Å²) in [5, 5.41) is 1.82. The Balaban J connectivity index is 2.15. The number of allylic oxidation sites excluding steroid dienone is 3. The lowest BCUT2D eigenvalue weighted by atomic mass is 10.1. The van der Waals surface area contributed by atoms with Gasteiger partial charge in [-0.2, -0.15) is 0 Å². The molecule has 3 rings (SSSR count). The number of fused-ring (bicyclic) bond motifs is 3. The van der Waals surface area contributed by atoms with E-state index in [1.807, 2.05) is 24.0 Å². The Kier molecular flexibility index (Phi) is 1.95. The van der Waals surface area contributed by atoms with Crippen LogP contribution in [-0.4, -0.2) is 10.2 Å². The molecule has 70 valence electrons. The second-order valence-electron chi connectivity index (χ2n) is 3.61. The molecule has 0 N–H and O–H groups in total. The summed E-state index contributed by atoms with van der Waals surface area (Å²) in [6, 6.07) is 4.17. The van der Waals surface area contributed by atoms with Gasteiger partial charge in [-0.15, -0.1) is 0 Å². The molecule has 0 spiro atoms. The van der Waals surface area contributed by atoms with Gasteiger partial charge in [0.05, 0.1) is 0 Å². The fourth-order valence-electron chi connectivity index (χ4n) is 1.93. The third-order valence-electron chi connectivity index (χ3n) is 2.63. The van der Waals surface area contributed by atoms with Crippen molar-refractivity contribution in [2.75, 3.05) is 0 Å². The number of thioether (sulfide) groups is 1. The lowest BCUT2D eigenvalue weighted by Gasteiger charge is -2.19. The fourth-order valence-corrected chi connectivity index (χ4v) is 3.12. The van der Waals surface area contributed by atoms with Crippen molar-refractivity contribution < 1.29 is 0 Å². The molecule has 0 saturated carbocycles. The van der Waals surface area contributed by atoms with Gasteiger partial charge >= 0.3 is 0 Å². The van der Waals surface area contributed by atoms with E-state index in [1.54, 1.807) is 0 Å². The predicted octanol–water partition coefficient (Wildman–Crippen LogP) is 3.29. The highest BCUT2D eigenvalue weighted by Crippen LogP contribution is 2.39. The molecule has 1 aliphatic carbocycles. The normalized spacial score (nSPS) is 23.7. The molecule has 1 aromatic heterocycles. The first kappa shape index (κ1) is 8.30. The van der Waals surface area contributed by atoms with Crippen molar-refractivity contribution in [1.29, 1.82) is 0 Å². The molecule has 1 unspecified atom stereocenters. The Bertz CT molecular complexity index is 420. The smallest absolute Gasteiger partial charge is 0.104 e. The van der Waals surface area contributed by atoms with Crippen LogP contribution in [0.25, 0.3) is 5.57 Å². The minimum atomic E-state index is 0.627. The van der Waals surface area contributed by atoms with Crippen molar-refractivity contribution in [1.82, 2.24) is 4.98 Å². The monoisotopic (exact) mass is 201 g/mol. The fraction of sp³-hybridized carbons (Fsp3) is 0.250. The molecule has 1 aromatic rings. The highest BCUT2D eigenvalue weighted by atomic mass is 32.2. The summed E-state index contributed by atoms with van der Waals surface area (Å²) >= 11 is 1.90. The van der Waals surface area contributed by atoms with Gasteiger partial charge in [0.1, 0.15) is 5.03 Å². The second kappa shape index (κ2) is 3.28. The van der Waals surface area contributed by atoms with E-state index >= 15 is 0 Å². The number of hydrogen-bond donors (Lipinski definition) is 0. The summed E-state index contributed by atoms with van der Waals surface area (Å²) in [5.41, 5.74) is 2.65. The molecular weight excluding hydrogens is 190 g/mol. The predicted molar refractivity (Wildman–Crippen MR) is 60.2 cm³/mol. The summed E-state index contributed by atoms with van der Waals surface area (Å²) in [6.45, 7) is 0. The van der Waals surface area contributed by atoms with Gasteiger partial charge in [-0.25, -0.2) is 4.98 Å². The van der Waals surface area contributed by atoms with Crippen molar-refractivity contribution >= 4 is 17.3 Å². The number of rotatable bonds is 0. The van der Waals surface area contributed by atoms with Crippen molar-refractivity contribution in [2.45, 2.75) is 23.1 Å². The zero-order valence-corrected chi connectivity index (χ0v) is 8.63. The molecule has 0 saturated heterocycles. The van der Waals surface area contributed by atoms with Crippen LogP contribution < -0.4 is 0 Å². The molecule has 0 radical (unpaired) electrons. The molecule has 1 atom stereocenters. The summed E-state index contributed by atoms with van der Waals surface area (Å²) < 4.78 is 0. The average molecular weight is 201 g/mol. The maximum atomic E-state index is 4.43. The maximum absolute atomic E-state index is 4.43. The summed E-state index contributed by atoms with van der Waals surface area (Å²) in [5.74, 6) is 0. The minimum absolute atomic E-state index is 0.627. The van der Waals surface area contributed by atoms with Crippen LogP contribution in [0.1, 0.15) is 18.4 Å². The standard InChI is InChI=1S/C12H11NS/c1-2-5-10-8-9(4-1)11-6-3-7-13-12(11)14-10/h1,3-4,6-8,10H,2,5H2. The molecule has 2 aliphatic rings. The van der Waals surface area contributed by atoms with Gasteiger partial charge in [-0.1, -0.05) is 36.1 Å². The highest BCUT2D eigenvalue weighted by molar-refractivity contribution is 8.00. The first-order valence-corrected chi connectivity index (χ1v) is 5.82. The average Bonchev–Trinajstić information content (AvgIpc) is 2.41. The van der Waals surface area contributed by atoms with Crippen LogP contribution in [0.2, 0.25) is 0 Å². The van der Waals surface area contributed by atoms with Gasteiger partial charge < -0.3 is 0 Å². The zero-order valence-electron chi connectivity index (χ0n) is 7.81. The van der Waals surface area contributed by atoms with E-state index in [1.165, 1.54) is 29.0 Å². The van der Waals surface area contributed by atoms with Crippen LogP contribution >= 0.6 is 11.8 Å². The van der Waals surface area contributed by atoms with Crippen LogP contribution in [0, 0.1) is 0 Å². The van der Waals surface area contributed by atoms with E-state index in [0.717, 1.165) is 0 Å². The summed E-state index contributed by atoms with van der Waals surface area (Å²) in [6.07, 6.45) is 11.2. The Labute approximate surface area is 87.9 Å². The molecule has 2 heterocycles. The third kappa shape index (κ3) is 1.30. The summed E-state index contributed by atoms with van der Waals surface area (Å²) in [7, 11) is 0. The van der Waals surface area contributed by atoms with Gasteiger partial charge in [-0.3, -0.25) is 0 Å². The van der Waals surface area contributed by atoms with Crippen molar-refractivity contribution in [3.63, 3.8) is 0 Å². The van der Waals surface area contributed by atoms with E-state index in [2.05, 4.69) is 29.3 Å². The van der Waals surface area contributed by atoms with E-state index in [-0.39, 0.29) is 0 Å². The van der Waals surface area contributed by atoms with Gasteiger partial charge in [0.15, 0.2) is 0 Å². The molecule has 0 amide bonds. The SMILES string of the molecule is C1=CC2=CC(CC1)Sc1ncccc12. The van der Waals surface area contributed by atoms with E-state index < -0.39 is 0 Å². The number of aromatic nitrogens is 1. The first-order chi connectivity index (χ1) is 6.93. The molecule has 2 heteroatoms. The largest absolute Gasteiger partial charge is 0.249 e. The third-order valence-corrected chi connectivity index (χ3v) is 3.85. The van der Waals surface area contributed by atoms with E-state index in [9.17, 15) is 0 Å². The summed E-state index contributed by atoms with van der Waals surface area (Å²) in [4.78, 5) is 4.43. The van der Waals surface area contributed by atoms with Gasteiger partial charge in [0, 0.05) is 17.0 Å². The van der Waals surface area contributed by atoms with Crippen LogP contribution in [-0.2, 0) is 0 Å². The molecule has 1 aliphatic heterocycles. The van der Waals surface area contributed by atoms with Gasteiger partial charge in [0.25, 0.3) is 0 Å². The number of hydrogen-bond acceptors (Lipinski definition) is 2. The quantitative estimate of drug-likeness (QED) is 0.639. The molecule has 14 heavy (non-hydrogen) atoms. The van der Waals surface area contributed by atoms with Crippen LogP contribution in [0.3, 0.4) is 0 Å². The van der Waals surface area contributed by atoms with Crippen molar-refractivity contribution in [3.8, 4) is 0 Å². The zero-order chi connectivity index (χ0) is 9.38. The minimum Gasteiger partial charge on any atom is -0.249 e. The number of nitrogens with zero attached hydrogens (tertiary/aromatic N) is 1. The van der Waals surface area contributed by atoms with E-state index in [4.69, 9.17) is 0 Å². The number of pyridine rings is 1. The molecule has 0 fully saturated rings. The molecule has 2 bridgehead atoms. The van der Waals surface area contributed by atoms with Crippen molar-refractivity contribution in [3.05, 3.63) is 42.1 Å². The second-order valence-corrected chi connectivity index (χ2v) is 4.84. The topological polar surface area (TPSA) is 12.9 Å². The molecule has 0 aromatic carbocycles. The Morgan fingerprint density at radius 1 is 1.43 bits per heavy atom. The Morgan fingerprint density at radius 3 is 3.43 bits per heavy atom.